The zero-order valence-electron chi connectivity index (χ0n) is 9.13. The second-order valence-electron chi connectivity index (χ2n) is 3.92. The molecule has 0 saturated heterocycles. The first-order valence-electron chi connectivity index (χ1n) is 5.09. The first kappa shape index (κ1) is 10.5. The third-order valence-electron chi connectivity index (χ3n) is 2.80. The van der Waals surface area contributed by atoms with E-state index >= 15 is 0 Å². The fourth-order valence-electron chi connectivity index (χ4n) is 1.79. The topological polar surface area (TPSA) is 9.23 Å². The molecule has 1 aliphatic rings. The van der Waals surface area contributed by atoms with Gasteiger partial charge in [-0.25, -0.2) is 0 Å². The van der Waals surface area contributed by atoms with Crippen molar-refractivity contribution in [3.05, 3.63) is 23.3 Å². The minimum absolute atomic E-state index is 0.321. The van der Waals surface area contributed by atoms with Crippen LogP contribution in [0.4, 0.5) is 0 Å². The summed E-state index contributed by atoms with van der Waals surface area (Å²) in [5, 5.41) is 0. The SMILES string of the molecule is CCC(C)=CC1=CCC(C)C1OC. The summed E-state index contributed by atoms with van der Waals surface area (Å²) in [5.41, 5.74) is 2.80. The lowest BCUT2D eigenvalue weighted by atomic mass is 10.0. The average molecular weight is 180 g/mol. The molecule has 0 aliphatic heterocycles. The second-order valence-corrected chi connectivity index (χ2v) is 3.92. The fourth-order valence-corrected chi connectivity index (χ4v) is 1.79. The maximum Gasteiger partial charge on any atom is 0.0846 e. The van der Waals surface area contributed by atoms with Crippen molar-refractivity contribution < 1.29 is 4.74 Å². The Balaban J connectivity index is 2.70. The van der Waals surface area contributed by atoms with Gasteiger partial charge in [0.1, 0.15) is 0 Å². The zero-order valence-corrected chi connectivity index (χ0v) is 9.13. The molecule has 0 heterocycles. The van der Waals surface area contributed by atoms with Gasteiger partial charge in [0.25, 0.3) is 0 Å². The lowest BCUT2D eigenvalue weighted by Gasteiger charge is -2.16. The van der Waals surface area contributed by atoms with Crippen molar-refractivity contribution in [3.63, 3.8) is 0 Å². The molecule has 0 aromatic heterocycles. The van der Waals surface area contributed by atoms with Gasteiger partial charge in [0.2, 0.25) is 0 Å². The third-order valence-corrected chi connectivity index (χ3v) is 2.80. The van der Waals surface area contributed by atoms with Crippen LogP contribution in [0.25, 0.3) is 0 Å². The quantitative estimate of drug-likeness (QED) is 0.647. The molecule has 1 rings (SSSR count). The Labute approximate surface area is 81.5 Å². The summed E-state index contributed by atoms with van der Waals surface area (Å²) in [5.74, 6) is 0.640. The predicted molar refractivity (Wildman–Crippen MR) is 56.7 cm³/mol. The molecule has 2 atom stereocenters. The molecule has 0 bridgehead atoms. The van der Waals surface area contributed by atoms with E-state index in [0.717, 1.165) is 12.8 Å². The molecule has 1 nitrogen and oxygen atoms in total. The second kappa shape index (κ2) is 4.61. The summed E-state index contributed by atoms with van der Waals surface area (Å²) >= 11 is 0. The largest absolute Gasteiger partial charge is 0.376 e. The Bertz CT molecular complexity index is 225. The first-order valence-corrected chi connectivity index (χ1v) is 5.09. The van der Waals surface area contributed by atoms with Crippen LogP contribution < -0.4 is 0 Å². The minimum atomic E-state index is 0.321. The minimum Gasteiger partial charge on any atom is -0.376 e. The van der Waals surface area contributed by atoms with Gasteiger partial charge < -0.3 is 4.74 Å². The molecule has 1 aliphatic carbocycles. The Morgan fingerprint density at radius 2 is 2.38 bits per heavy atom. The van der Waals surface area contributed by atoms with Crippen LogP contribution >= 0.6 is 0 Å². The van der Waals surface area contributed by atoms with Crippen LogP contribution in [0, 0.1) is 5.92 Å². The van der Waals surface area contributed by atoms with Gasteiger partial charge in [-0.1, -0.05) is 31.6 Å². The molecule has 0 N–H and O–H groups in total. The highest BCUT2D eigenvalue weighted by molar-refractivity contribution is 5.30. The van der Waals surface area contributed by atoms with Crippen molar-refractivity contribution in [3.8, 4) is 0 Å². The van der Waals surface area contributed by atoms with Crippen LogP contribution in [-0.2, 0) is 4.74 Å². The predicted octanol–water partition coefficient (Wildman–Crippen LogP) is 3.32. The highest BCUT2D eigenvalue weighted by atomic mass is 16.5. The molecule has 0 aromatic carbocycles. The molecule has 0 saturated carbocycles. The molecule has 74 valence electrons. The van der Waals surface area contributed by atoms with Gasteiger partial charge in [-0.2, -0.15) is 0 Å². The molecule has 0 spiro atoms. The monoisotopic (exact) mass is 180 g/mol. The summed E-state index contributed by atoms with van der Waals surface area (Å²) in [6.45, 7) is 6.61. The van der Waals surface area contributed by atoms with Gasteiger partial charge in [0.15, 0.2) is 0 Å². The average Bonchev–Trinajstić information content (AvgIpc) is 2.46. The molecule has 0 radical (unpaired) electrons. The summed E-state index contributed by atoms with van der Waals surface area (Å²) < 4.78 is 5.47. The Morgan fingerprint density at radius 1 is 1.69 bits per heavy atom. The van der Waals surface area contributed by atoms with Crippen molar-refractivity contribution in [1.29, 1.82) is 0 Å². The van der Waals surface area contributed by atoms with Crippen LogP contribution in [0.2, 0.25) is 0 Å². The third kappa shape index (κ3) is 2.44. The summed E-state index contributed by atoms with van der Waals surface area (Å²) in [4.78, 5) is 0. The summed E-state index contributed by atoms with van der Waals surface area (Å²) in [6, 6.07) is 0. The number of allylic oxidation sites excluding steroid dienone is 2. The van der Waals surface area contributed by atoms with Gasteiger partial charge in [-0.15, -0.1) is 0 Å². The van der Waals surface area contributed by atoms with Gasteiger partial charge in [0, 0.05) is 7.11 Å². The van der Waals surface area contributed by atoms with E-state index in [1.807, 2.05) is 0 Å². The molecule has 13 heavy (non-hydrogen) atoms. The van der Waals surface area contributed by atoms with Crippen LogP contribution in [0.3, 0.4) is 0 Å². The van der Waals surface area contributed by atoms with E-state index in [2.05, 4.69) is 32.9 Å². The van der Waals surface area contributed by atoms with E-state index < -0.39 is 0 Å². The molecule has 2 unspecified atom stereocenters. The van der Waals surface area contributed by atoms with Gasteiger partial charge in [-0.3, -0.25) is 0 Å². The van der Waals surface area contributed by atoms with Gasteiger partial charge in [-0.05, 0) is 31.3 Å². The highest BCUT2D eigenvalue weighted by Crippen LogP contribution is 2.29. The number of hydrogen-bond acceptors (Lipinski definition) is 1. The van der Waals surface area contributed by atoms with E-state index in [1.165, 1.54) is 11.1 Å². The van der Waals surface area contributed by atoms with E-state index in [9.17, 15) is 0 Å². The maximum atomic E-state index is 5.47. The van der Waals surface area contributed by atoms with Crippen molar-refractivity contribution in [2.24, 2.45) is 5.92 Å². The summed E-state index contributed by atoms with van der Waals surface area (Å²) in [7, 11) is 1.80. The number of rotatable bonds is 3. The van der Waals surface area contributed by atoms with E-state index in [4.69, 9.17) is 4.74 Å². The molecule has 0 aromatic rings. The van der Waals surface area contributed by atoms with Crippen LogP contribution in [0.5, 0.6) is 0 Å². The normalized spacial score (nSPS) is 29.2. The fraction of sp³-hybridized carbons (Fsp3) is 0.667. The number of methoxy groups -OCH3 is 1. The molecular weight excluding hydrogens is 160 g/mol. The van der Waals surface area contributed by atoms with Crippen molar-refractivity contribution >= 4 is 0 Å². The highest BCUT2D eigenvalue weighted by Gasteiger charge is 2.24. The maximum absolute atomic E-state index is 5.47. The lowest BCUT2D eigenvalue weighted by molar-refractivity contribution is 0.100. The van der Waals surface area contributed by atoms with Gasteiger partial charge in [0.05, 0.1) is 6.10 Å². The Morgan fingerprint density at radius 3 is 2.92 bits per heavy atom. The number of hydrogen-bond donors (Lipinski definition) is 0. The lowest BCUT2D eigenvalue weighted by Crippen LogP contribution is -2.16. The Kier molecular flexibility index (Phi) is 3.73. The van der Waals surface area contributed by atoms with Crippen molar-refractivity contribution in [1.82, 2.24) is 0 Å². The van der Waals surface area contributed by atoms with Crippen LogP contribution in [0.15, 0.2) is 23.3 Å². The van der Waals surface area contributed by atoms with Crippen molar-refractivity contribution in [2.75, 3.05) is 7.11 Å². The van der Waals surface area contributed by atoms with E-state index in [1.54, 1.807) is 7.11 Å². The standard InChI is InChI=1S/C12H20O/c1-5-9(2)8-11-7-6-10(3)12(11)13-4/h7-8,10,12H,5-6H2,1-4H3. The molecule has 0 amide bonds. The van der Waals surface area contributed by atoms with Crippen LogP contribution in [-0.4, -0.2) is 13.2 Å². The molecule has 0 fully saturated rings. The molecule has 1 heteroatoms. The van der Waals surface area contributed by atoms with E-state index in [0.29, 0.717) is 12.0 Å². The molecular formula is C12H20O. The van der Waals surface area contributed by atoms with Crippen LogP contribution in [0.1, 0.15) is 33.6 Å². The Hall–Kier alpha value is -0.560. The van der Waals surface area contributed by atoms with Gasteiger partial charge >= 0.3 is 0 Å². The zero-order chi connectivity index (χ0) is 9.84. The smallest absolute Gasteiger partial charge is 0.0846 e. The summed E-state index contributed by atoms with van der Waals surface area (Å²) in [6.07, 6.45) is 7.18. The van der Waals surface area contributed by atoms with E-state index in [-0.39, 0.29) is 0 Å². The number of ether oxygens (including phenoxy) is 1. The van der Waals surface area contributed by atoms with Crippen molar-refractivity contribution in [2.45, 2.75) is 39.7 Å². The first-order chi connectivity index (χ1) is 6.19.